The Morgan fingerprint density at radius 3 is 2.72 bits per heavy atom. The number of Topliss-reactive ketones (excluding diaryl/α,β-unsaturated/α-hetero) is 1. The van der Waals surface area contributed by atoms with Gasteiger partial charge in [-0.3, -0.25) is 9.59 Å². The van der Waals surface area contributed by atoms with Gasteiger partial charge in [-0.2, -0.15) is 0 Å². The first kappa shape index (κ1) is 16.8. The first-order chi connectivity index (χ1) is 11.8. The predicted octanol–water partition coefficient (Wildman–Crippen LogP) is 3.28. The second-order valence-corrected chi connectivity index (χ2v) is 8.66. The number of aliphatic hydroxyl groups is 1. The summed E-state index contributed by atoms with van der Waals surface area (Å²) in [5.41, 5.74) is 1.14. The summed E-state index contributed by atoms with van der Waals surface area (Å²) in [6, 6.07) is 0. The molecule has 1 unspecified atom stereocenters. The van der Waals surface area contributed by atoms with Gasteiger partial charge in [0.25, 0.3) is 0 Å². The van der Waals surface area contributed by atoms with Crippen molar-refractivity contribution in [1.29, 1.82) is 0 Å². The Bertz CT molecular complexity index is 730. The Morgan fingerprint density at radius 2 is 2.00 bits per heavy atom. The minimum absolute atomic E-state index is 0.127. The van der Waals surface area contributed by atoms with E-state index < -0.39 is 12.1 Å². The van der Waals surface area contributed by atoms with Gasteiger partial charge in [-0.25, -0.2) is 0 Å². The topological polar surface area (TPSA) is 74.6 Å². The Labute approximate surface area is 148 Å². The molecule has 4 nitrogen and oxygen atoms in total. The molecule has 134 valence electrons. The van der Waals surface area contributed by atoms with Gasteiger partial charge in [-0.15, -0.1) is 0 Å². The van der Waals surface area contributed by atoms with Crippen LogP contribution in [-0.4, -0.2) is 28.1 Å². The number of hydrogen-bond acceptors (Lipinski definition) is 3. The highest BCUT2D eigenvalue weighted by molar-refractivity contribution is 5.87. The molecule has 0 amide bonds. The van der Waals surface area contributed by atoms with Crippen molar-refractivity contribution in [2.24, 2.45) is 28.6 Å². The predicted molar refractivity (Wildman–Crippen MR) is 93.7 cm³/mol. The maximum Gasteiger partial charge on any atom is 0.307 e. The van der Waals surface area contributed by atoms with Crippen LogP contribution in [0.5, 0.6) is 0 Å². The van der Waals surface area contributed by atoms with Crippen LogP contribution in [0.4, 0.5) is 0 Å². The van der Waals surface area contributed by atoms with Crippen molar-refractivity contribution in [3.63, 3.8) is 0 Å². The van der Waals surface area contributed by atoms with Crippen molar-refractivity contribution in [2.45, 2.75) is 52.1 Å². The fourth-order valence-electron chi connectivity index (χ4n) is 6.12. The van der Waals surface area contributed by atoms with Crippen molar-refractivity contribution >= 4 is 11.8 Å². The van der Waals surface area contributed by atoms with Gasteiger partial charge >= 0.3 is 5.97 Å². The van der Waals surface area contributed by atoms with Crippen LogP contribution in [0, 0.1) is 28.6 Å². The Hall–Kier alpha value is -1.68. The highest BCUT2D eigenvalue weighted by atomic mass is 16.4. The van der Waals surface area contributed by atoms with E-state index in [1.165, 1.54) is 0 Å². The van der Waals surface area contributed by atoms with Crippen molar-refractivity contribution in [3.05, 3.63) is 35.5 Å². The van der Waals surface area contributed by atoms with E-state index >= 15 is 0 Å². The Morgan fingerprint density at radius 1 is 1.24 bits per heavy atom. The number of carboxylic acids is 1. The number of ketones is 1. The highest BCUT2D eigenvalue weighted by Gasteiger charge is 2.57. The molecule has 4 aliphatic carbocycles. The summed E-state index contributed by atoms with van der Waals surface area (Å²) in [6.45, 7) is 4.31. The zero-order valence-corrected chi connectivity index (χ0v) is 14.9. The molecule has 0 radical (unpaired) electrons. The number of hydrogen-bond donors (Lipinski definition) is 2. The van der Waals surface area contributed by atoms with Crippen LogP contribution in [0.1, 0.15) is 46.0 Å². The summed E-state index contributed by atoms with van der Waals surface area (Å²) in [7, 11) is 0. The van der Waals surface area contributed by atoms with Gasteiger partial charge in [-0.1, -0.05) is 38.2 Å². The van der Waals surface area contributed by atoms with E-state index in [0.717, 1.165) is 24.8 Å². The SMILES string of the molecule is C[C@]12C=CC(O)C(CC(=O)O)=C1C=C[C@@H]1[C@@H]2CC[C@]2(C)C(=O)CC[C@@H]12. The van der Waals surface area contributed by atoms with Gasteiger partial charge in [0.2, 0.25) is 0 Å². The van der Waals surface area contributed by atoms with Crippen LogP contribution in [-0.2, 0) is 9.59 Å². The highest BCUT2D eigenvalue weighted by Crippen LogP contribution is 2.62. The van der Waals surface area contributed by atoms with Crippen molar-refractivity contribution in [3.8, 4) is 0 Å². The van der Waals surface area contributed by atoms with E-state index in [1.807, 2.05) is 6.08 Å². The number of carbonyl (C=O) groups is 2. The Kier molecular flexibility index (Phi) is 3.63. The van der Waals surface area contributed by atoms with Crippen LogP contribution in [0.3, 0.4) is 0 Å². The van der Waals surface area contributed by atoms with Gasteiger partial charge < -0.3 is 10.2 Å². The maximum absolute atomic E-state index is 12.4. The van der Waals surface area contributed by atoms with E-state index in [1.54, 1.807) is 6.08 Å². The third-order valence-corrected chi connectivity index (χ3v) is 7.55. The second-order valence-electron chi connectivity index (χ2n) is 8.66. The molecule has 0 aromatic carbocycles. The molecule has 2 saturated carbocycles. The van der Waals surface area contributed by atoms with E-state index in [0.29, 0.717) is 35.5 Å². The summed E-state index contributed by atoms with van der Waals surface area (Å²) >= 11 is 0. The first-order valence-electron chi connectivity index (χ1n) is 9.31. The van der Waals surface area contributed by atoms with E-state index in [-0.39, 0.29) is 17.3 Å². The summed E-state index contributed by atoms with van der Waals surface area (Å²) in [4.78, 5) is 23.7. The van der Waals surface area contributed by atoms with Gasteiger partial charge in [0.15, 0.2) is 0 Å². The molecule has 4 aliphatic rings. The number of allylic oxidation sites excluding steroid dienone is 4. The maximum atomic E-state index is 12.4. The quantitative estimate of drug-likeness (QED) is 0.755. The molecule has 0 aromatic heterocycles. The minimum atomic E-state index is -0.910. The molecule has 6 atom stereocenters. The lowest BCUT2D eigenvalue weighted by molar-refractivity contribution is -0.136. The van der Waals surface area contributed by atoms with Gasteiger partial charge in [0, 0.05) is 17.3 Å². The average molecular weight is 342 g/mol. The van der Waals surface area contributed by atoms with Crippen LogP contribution in [0.2, 0.25) is 0 Å². The summed E-state index contributed by atoms with van der Waals surface area (Å²) in [5.74, 6) is 0.606. The number of fused-ring (bicyclic) bond motifs is 5. The van der Waals surface area contributed by atoms with Crippen LogP contribution in [0.15, 0.2) is 35.5 Å². The molecular formula is C21H26O4. The lowest BCUT2D eigenvalue weighted by Gasteiger charge is -2.54. The molecule has 2 N–H and O–H groups in total. The number of aliphatic carboxylic acids is 1. The monoisotopic (exact) mass is 342 g/mol. The molecule has 25 heavy (non-hydrogen) atoms. The third-order valence-electron chi connectivity index (χ3n) is 7.55. The average Bonchev–Trinajstić information content (AvgIpc) is 2.86. The van der Waals surface area contributed by atoms with Crippen molar-refractivity contribution in [2.75, 3.05) is 0 Å². The van der Waals surface area contributed by atoms with E-state index in [4.69, 9.17) is 0 Å². The summed E-state index contributed by atoms with van der Waals surface area (Å²) < 4.78 is 0. The van der Waals surface area contributed by atoms with E-state index in [2.05, 4.69) is 26.0 Å². The molecule has 4 heteroatoms. The zero-order valence-electron chi connectivity index (χ0n) is 14.9. The molecule has 0 saturated heterocycles. The van der Waals surface area contributed by atoms with Crippen molar-refractivity contribution < 1.29 is 19.8 Å². The lowest BCUT2D eigenvalue weighted by atomic mass is 9.50. The molecule has 4 rings (SSSR count). The van der Waals surface area contributed by atoms with Crippen molar-refractivity contribution in [1.82, 2.24) is 0 Å². The van der Waals surface area contributed by atoms with Crippen LogP contribution in [0.25, 0.3) is 0 Å². The van der Waals surface area contributed by atoms with Crippen LogP contribution >= 0.6 is 0 Å². The fraction of sp³-hybridized carbons (Fsp3) is 0.619. The lowest BCUT2D eigenvalue weighted by Crippen LogP contribution is -2.48. The standard InChI is InChI=1S/C21H26O4/c1-20-10-8-17(22)13(11-19(24)25)15(20)4-3-12-14-5-6-18(23)21(14,2)9-7-16(12)20/h3-4,8,10,12,14,16-17,22H,5-7,9,11H2,1-2H3,(H,24,25)/t12-,14-,16-,17?,20-,21-/m0/s1. The second kappa shape index (κ2) is 5.41. The summed E-state index contributed by atoms with van der Waals surface area (Å²) in [5, 5.41) is 19.6. The number of carboxylic acid groups (broad SMARTS) is 1. The molecule has 0 aromatic rings. The number of aliphatic hydroxyl groups excluding tert-OH is 1. The first-order valence-corrected chi connectivity index (χ1v) is 9.31. The smallest absolute Gasteiger partial charge is 0.307 e. The molecule has 0 heterocycles. The normalized spacial score (nSPS) is 45.2. The molecular weight excluding hydrogens is 316 g/mol. The molecule has 0 aliphatic heterocycles. The summed E-state index contributed by atoms with van der Waals surface area (Å²) in [6.07, 6.45) is 10.7. The van der Waals surface area contributed by atoms with Gasteiger partial charge in [0.05, 0.1) is 12.5 Å². The largest absolute Gasteiger partial charge is 0.481 e. The zero-order chi connectivity index (χ0) is 18.0. The van der Waals surface area contributed by atoms with Crippen LogP contribution < -0.4 is 0 Å². The molecule has 0 bridgehead atoms. The van der Waals surface area contributed by atoms with E-state index in [9.17, 15) is 19.8 Å². The number of rotatable bonds is 2. The minimum Gasteiger partial charge on any atom is -0.481 e. The number of carbonyl (C=O) groups excluding carboxylic acids is 1. The van der Waals surface area contributed by atoms with Gasteiger partial charge in [0.1, 0.15) is 5.78 Å². The third kappa shape index (κ3) is 2.23. The Balaban J connectivity index is 1.79. The molecule has 0 spiro atoms. The molecule has 2 fully saturated rings. The van der Waals surface area contributed by atoms with Gasteiger partial charge in [-0.05, 0) is 48.2 Å². The fourth-order valence-corrected chi connectivity index (χ4v) is 6.12.